The van der Waals surface area contributed by atoms with Gasteiger partial charge in [-0.3, -0.25) is 9.88 Å². The van der Waals surface area contributed by atoms with Gasteiger partial charge in [-0.1, -0.05) is 18.2 Å². The standard InChI is InChI=1S/C25H30F3N3O/c1-22(2,20-9-10-21(30-16-20)25(26,27)28)31-14-13-24(17-31,23(3,4)32)12-11-18-5-7-19(15-29)8-6-18/h5-10,16,32H,11-14,17H2,1-4H3/t24-/m1/s1. The van der Waals surface area contributed by atoms with Crippen LogP contribution in [0.25, 0.3) is 0 Å². The lowest BCUT2D eigenvalue weighted by Gasteiger charge is -2.43. The van der Waals surface area contributed by atoms with E-state index in [0.29, 0.717) is 17.7 Å². The number of aromatic nitrogens is 1. The Balaban J connectivity index is 1.79. The maximum absolute atomic E-state index is 12.9. The van der Waals surface area contributed by atoms with E-state index in [2.05, 4.69) is 16.0 Å². The van der Waals surface area contributed by atoms with Crippen molar-refractivity contribution in [2.75, 3.05) is 13.1 Å². The van der Waals surface area contributed by atoms with Crippen LogP contribution in [0.2, 0.25) is 0 Å². The van der Waals surface area contributed by atoms with Crippen LogP contribution >= 0.6 is 0 Å². The monoisotopic (exact) mass is 445 g/mol. The molecule has 0 aliphatic carbocycles. The molecule has 7 heteroatoms. The van der Waals surface area contributed by atoms with Gasteiger partial charge < -0.3 is 5.11 Å². The Kier molecular flexibility index (Phi) is 6.43. The fourth-order valence-corrected chi connectivity index (χ4v) is 4.59. The van der Waals surface area contributed by atoms with Gasteiger partial charge in [-0.05, 0) is 82.8 Å². The molecule has 32 heavy (non-hydrogen) atoms. The van der Waals surface area contributed by atoms with Crippen LogP contribution in [0.3, 0.4) is 0 Å². The number of alkyl halides is 3. The highest BCUT2D eigenvalue weighted by Gasteiger charge is 2.51. The zero-order valence-electron chi connectivity index (χ0n) is 19.0. The number of nitrogens with zero attached hydrogens (tertiary/aromatic N) is 3. The number of hydrogen-bond acceptors (Lipinski definition) is 4. The highest BCUT2D eigenvalue weighted by molar-refractivity contribution is 5.32. The van der Waals surface area contributed by atoms with Gasteiger partial charge >= 0.3 is 6.18 Å². The molecule has 2 heterocycles. The van der Waals surface area contributed by atoms with Crippen molar-refractivity contribution in [2.24, 2.45) is 5.41 Å². The summed E-state index contributed by atoms with van der Waals surface area (Å²) >= 11 is 0. The lowest BCUT2D eigenvalue weighted by molar-refractivity contribution is -0.141. The van der Waals surface area contributed by atoms with E-state index in [1.165, 1.54) is 12.3 Å². The number of hydrogen-bond donors (Lipinski definition) is 1. The molecule has 1 N–H and O–H groups in total. The van der Waals surface area contributed by atoms with Crippen LogP contribution in [0.15, 0.2) is 42.6 Å². The molecule has 1 aliphatic rings. The van der Waals surface area contributed by atoms with E-state index in [1.54, 1.807) is 12.1 Å². The highest BCUT2D eigenvalue weighted by atomic mass is 19.4. The third-order valence-corrected chi connectivity index (χ3v) is 7.18. The normalized spacial score (nSPS) is 20.3. The number of pyridine rings is 1. The Morgan fingerprint density at radius 2 is 1.75 bits per heavy atom. The molecule has 1 aliphatic heterocycles. The Morgan fingerprint density at radius 1 is 1.09 bits per heavy atom. The average molecular weight is 446 g/mol. The Bertz CT molecular complexity index is 970. The second kappa shape index (κ2) is 8.49. The molecule has 1 aromatic carbocycles. The molecule has 1 saturated heterocycles. The van der Waals surface area contributed by atoms with Gasteiger partial charge in [0.05, 0.1) is 17.2 Å². The molecule has 0 saturated carbocycles. The second-order valence-electron chi connectivity index (χ2n) is 9.81. The van der Waals surface area contributed by atoms with Crippen LogP contribution in [-0.2, 0) is 18.1 Å². The van der Waals surface area contributed by atoms with E-state index in [-0.39, 0.29) is 5.41 Å². The van der Waals surface area contributed by atoms with E-state index in [9.17, 15) is 18.3 Å². The fourth-order valence-electron chi connectivity index (χ4n) is 4.59. The summed E-state index contributed by atoms with van der Waals surface area (Å²) in [5.41, 5.74) is -0.281. The predicted octanol–water partition coefficient (Wildman–Crippen LogP) is 5.30. The topological polar surface area (TPSA) is 60.2 Å². The van der Waals surface area contributed by atoms with Crippen molar-refractivity contribution in [1.29, 1.82) is 5.26 Å². The molecule has 1 atom stereocenters. The van der Waals surface area contributed by atoms with Crippen molar-refractivity contribution in [3.05, 3.63) is 65.0 Å². The highest BCUT2D eigenvalue weighted by Crippen LogP contribution is 2.47. The molecule has 3 rings (SSSR count). The van der Waals surface area contributed by atoms with Gasteiger partial charge in [0.25, 0.3) is 0 Å². The van der Waals surface area contributed by atoms with Gasteiger partial charge in [0, 0.05) is 23.7 Å². The van der Waals surface area contributed by atoms with Crippen molar-refractivity contribution in [1.82, 2.24) is 9.88 Å². The summed E-state index contributed by atoms with van der Waals surface area (Å²) in [4.78, 5) is 5.87. The van der Waals surface area contributed by atoms with E-state index >= 15 is 0 Å². The van der Waals surface area contributed by atoms with E-state index in [1.807, 2.05) is 39.8 Å². The Morgan fingerprint density at radius 3 is 2.25 bits per heavy atom. The third kappa shape index (κ3) is 4.82. The van der Waals surface area contributed by atoms with Gasteiger partial charge in [-0.15, -0.1) is 0 Å². The van der Waals surface area contributed by atoms with E-state index in [4.69, 9.17) is 5.26 Å². The lowest BCUT2D eigenvalue weighted by atomic mass is 9.69. The fraction of sp³-hybridized carbons (Fsp3) is 0.520. The first-order chi connectivity index (χ1) is 14.8. The number of aliphatic hydroxyl groups is 1. The smallest absolute Gasteiger partial charge is 0.390 e. The van der Waals surface area contributed by atoms with Crippen molar-refractivity contribution in [3.8, 4) is 6.07 Å². The summed E-state index contributed by atoms with van der Waals surface area (Å²) in [5, 5.41) is 20.1. The van der Waals surface area contributed by atoms with Crippen LogP contribution in [0.5, 0.6) is 0 Å². The quantitative estimate of drug-likeness (QED) is 0.655. The molecule has 0 spiro atoms. The summed E-state index contributed by atoms with van der Waals surface area (Å²) in [5.74, 6) is 0. The lowest BCUT2D eigenvalue weighted by Crippen LogP contribution is -2.48. The van der Waals surface area contributed by atoms with Gasteiger partial charge in [0.1, 0.15) is 5.69 Å². The van der Waals surface area contributed by atoms with Crippen LogP contribution in [-0.4, -0.2) is 33.7 Å². The van der Waals surface area contributed by atoms with Crippen LogP contribution in [0.1, 0.15) is 62.9 Å². The number of rotatable bonds is 6. The zero-order chi connectivity index (χ0) is 23.8. The molecular weight excluding hydrogens is 415 g/mol. The number of likely N-dealkylation sites (tertiary alicyclic amines) is 1. The van der Waals surface area contributed by atoms with Gasteiger partial charge in [0.2, 0.25) is 0 Å². The number of benzene rings is 1. The molecule has 1 aromatic heterocycles. The van der Waals surface area contributed by atoms with Crippen molar-refractivity contribution in [2.45, 2.75) is 64.3 Å². The summed E-state index contributed by atoms with van der Waals surface area (Å²) in [6.07, 6.45) is -0.836. The Labute approximate surface area is 187 Å². The minimum atomic E-state index is -4.46. The largest absolute Gasteiger partial charge is 0.433 e. The molecule has 0 radical (unpaired) electrons. The van der Waals surface area contributed by atoms with Crippen molar-refractivity contribution >= 4 is 0 Å². The third-order valence-electron chi connectivity index (χ3n) is 7.18. The minimum Gasteiger partial charge on any atom is -0.390 e. The van der Waals surface area contributed by atoms with Crippen LogP contribution < -0.4 is 0 Å². The maximum atomic E-state index is 12.9. The summed E-state index contributed by atoms with van der Waals surface area (Å²) in [6, 6.07) is 12.1. The number of nitriles is 1. The van der Waals surface area contributed by atoms with Crippen LogP contribution in [0.4, 0.5) is 13.2 Å². The van der Waals surface area contributed by atoms with Crippen molar-refractivity contribution in [3.63, 3.8) is 0 Å². The zero-order valence-corrected chi connectivity index (χ0v) is 19.0. The summed E-state index contributed by atoms with van der Waals surface area (Å²) in [7, 11) is 0. The number of aryl methyl sites for hydroxylation is 1. The maximum Gasteiger partial charge on any atom is 0.433 e. The molecule has 0 bridgehead atoms. The van der Waals surface area contributed by atoms with Gasteiger partial charge in [-0.25, -0.2) is 0 Å². The molecule has 0 unspecified atom stereocenters. The summed E-state index contributed by atoms with van der Waals surface area (Å²) in [6.45, 7) is 8.99. The first-order valence-corrected chi connectivity index (χ1v) is 10.8. The molecule has 0 amide bonds. The van der Waals surface area contributed by atoms with E-state index < -0.39 is 23.0 Å². The molecule has 4 nitrogen and oxygen atoms in total. The molecule has 1 fully saturated rings. The molecule has 172 valence electrons. The summed E-state index contributed by atoms with van der Waals surface area (Å²) < 4.78 is 38.7. The second-order valence-corrected chi connectivity index (χ2v) is 9.81. The predicted molar refractivity (Wildman–Crippen MR) is 117 cm³/mol. The first kappa shape index (κ1) is 24.2. The Hall–Kier alpha value is -2.43. The SMILES string of the molecule is CC(C)(c1ccc(C(F)(F)F)nc1)N1CC[C@@](CCc2ccc(C#N)cc2)(C(C)(C)O)C1. The van der Waals surface area contributed by atoms with E-state index in [0.717, 1.165) is 37.4 Å². The van der Waals surface area contributed by atoms with Crippen molar-refractivity contribution < 1.29 is 18.3 Å². The van der Waals surface area contributed by atoms with Gasteiger partial charge in [0.15, 0.2) is 0 Å². The number of halogens is 3. The molecule has 2 aromatic rings. The van der Waals surface area contributed by atoms with Crippen LogP contribution in [0, 0.1) is 16.7 Å². The first-order valence-electron chi connectivity index (χ1n) is 10.8. The van der Waals surface area contributed by atoms with Gasteiger partial charge in [-0.2, -0.15) is 18.4 Å². The average Bonchev–Trinajstić information content (AvgIpc) is 3.19. The molecular formula is C25H30F3N3O. The minimum absolute atomic E-state index is 0.364.